The average Bonchev–Trinajstić information content (AvgIpc) is 3.62. The van der Waals surface area contributed by atoms with Crippen molar-refractivity contribution < 1.29 is 28.9 Å². The normalized spacial score (nSPS) is 18.8. The summed E-state index contributed by atoms with van der Waals surface area (Å²) in [5.74, 6) is -2.65. The number of nitrogens with zero attached hydrogens (tertiary/aromatic N) is 6. The highest BCUT2D eigenvalue weighted by molar-refractivity contribution is 8.07. The van der Waals surface area contributed by atoms with Crippen molar-refractivity contribution in [2.75, 3.05) is 24.7 Å². The number of aromatic nitrogens is 4. The number of hydrogen-bond donors (Lipinski definition) is 1. The lowest BCUT2D eigenvalue weighted by Gasteiger charge is -2.50. The van der Waals surface area contributed by atoms with E-state index in [4.69, 9.17) is 4.84 Å². The molecule has 5 heterocycles. The molecule has 2 aliphatic rings. The number of nitrogens with one attached hydrogen (secondary N) is 1. The molecule has 0 saturated carbocycles. The molecule has 0 radical (unpaired) electrons. The number of thiazole rings is 1. The molecule has 0 bridgehead atoms. The first-order valence-electron chi connectivity index (χ1n) is 12.0. The van der Waals surface area contributed by atoms with Crippen molar-refractivity contribution in [1.29, 1.82) is 0 Å². The maximum absolute atomic E-state index is 13.2. The van der Waals surface area contributed by atoms with E-state index in [0.29, 0.717) is 20.1 Å². The second-order valence-electron chi connectivity index (χ2n) is 8.59. The van der Waals surface area contributed by atoms with Crippen molar-refractivity contribution in [3.8, 4) is 11.3 Å². The summed E-state index contributed by atoms with van der Waals surface area (Å²) in [6.07, 6.45) is 3.66. The van der Waals surface area contributed by atoms with E-state index in [0.717, 1.165) is 22.8 Å². The minimum Gasteiger partial charge on any atom is -0.543 e. The van der Waals surface area contributed by atoms with Crippen LogP contribution >= 0.6 is 46.4 Å². The van der Waals surface area contributed by atoms with Gasteiger partial charge in [-0.3, -0.25) is 14.5 Å². The molecule has 3 aromatic heterocycles. The van der Waals surface area contributed by atoms with Gasteiger partial charge in [0.2, 0.25) is 16.9 Å². The summed E-state index contributed by atoms with van der Waals surface area (Å²) in [4.78, 5) is 54.2. The smallest absolute Gasteiger partial charge is 0.234 e. The van der Waals surface area contributed by atoms with Gasteiger partial charge in [-0.25, -0.2) is 9.55 Å². The molecule has 1 saturated heterocycles. The fourth-order valence-corrected chi connectivity index (χ4v) is 8.12. The molecule has 40 heavy (non-hydrogen) atoms. The largest absolute Gasteiger partial charge is 0.543 e. The number of pyridine rings is 1. The third-order valence-electron chi connectivity index (χ3n) is 6.01. The summed E-state index contributed by atoms with van der Waals surface area (Å²) in [6.45, 7) is 1.96. The van der Waals surface area contributed by atoms with Crippen molar-refractivity contribution in [1.82, 2.24) is 19.2 Å². The Balaban J connectivity index is 1.32. The number of thioether (sulfide) groups is 2. The molecule has 2 aliphatic heterocycles. The quantitative estimate of drug-likeness (QED) is 0.144. The maximum atomic E-state index is 13.2. The van der Waals surface area contributed by atoms with Crippen molar-refractivity contribution in [2.24, 2.45) is 18.1 Å². The van der Waals surface area contributed by atoms with E-state index in [2.05, 4.69) is 24.8 Å². The number of anilines is 1. The number of Topliss-reactive ketones (excluding diaryl/α,β-unsaturated/α-hetero) is 1. The summed E-state index contributed by atoms with van der Waals surface area (Å²) in [5, 5.41) is 20.8. The van der Waals surface area contributed by atoms with Crippen LogP contribution in [0.1, 0.15) is 19.2 Å². The molecule has 208 valence electrons. The van der Waals surface area contributed by atoms with E-state index < -0.39 is 29.0 Å². The number of carbonyl (C=O) groups excluding carboxylic acids is 3. The number of hydrogen-bond acceptors (Lipinski definition) is 14. The van der Waals surface area contributed by atoms with E-state index in [9.17, 15) is 19.5 Å². The van der Waals surface area contributed by atoms with Gasteiger partial charge < -0.3 is 20.1 Å². The Bertz CT molecular complexity index is 1520. The number of ketones is 1. The Morgan fingerprint density at radius 2 is 2.10 bits per heavy atom. The Kier molecular flexibility index (Phi) is 8.48. The van der Waals surface area contributed by atoms with E-state index in [-0.39, 0.29) is 30.3 Å². The summed E-state index contributed by atoms with van der Waals surface area (Å²) >= 11 is 5.08. The van der Waals surface area contributed by atoms with Crippen molar-refractivity contribution in [2.45, 2.75) is 23.1 Å². The Morgan fingerprint density at radius 1 is 1.32 bits per heavy atom. The number of aliphatic carboxylic acids is 1. The van der Waals surface area contributed by atoms with Gasteiger partial charge in [0, 0.05) is 58.7 Å². The van der Waals surface area contributed by atoms with Crippen LogP contribution < -0.4 is 15.0 Å². The Labute approximate surface area is 245 Å². The molecule has 0 unspecified atom stereocenters. The maximum Gasteiger partial charge on any atom is 0.234 e. The van der Waals surface area contributed by atoms with Crippen molar-refractivity contribution in [3.63, 3.8) is 0 Å². The van der Waals surface area contributed by atoms with Crippen LogP contribution in [0.5, 0.6) is 0 Å². The monoisotopic (exact) mass is 617 g/mol. The first kappa shape index (κ1) is 28.2. The van der Waals surface area contributed by atoms with Gasteiger partial charge in [-0.2, -0.15) is 9.36 Å². The highest BCUT2D eigenvalue weighted by Crippen LogP contribution is 2.49. The zero-order valence-corrected chi connectivity index (χ0v) is 24.8. The average molecular weight is 618 g/mol. The summed E-state index contributed by atoms with van der Waals surface area (Å²) in [5.41, 5.74) is 1.48. The predicted molar refractivity (Wildman–Crippen MR) is 150 cm³/mol. The molecule has 0 aromatic carbocycles. The third-order valence-corrected chi connectivity index (χ3v) is 10.3. The van der Waals surface area contributed by atoms with Crippen LogP contribution in [-0.4, -0.2) is 67.4 Å². The van der Waals surface area contributed by atoms with Crippen LogP contribution in [0.2, 0.25) is 0 Å². The van der Waals surface area contributed by atoms with E-state index >= 15 is 0 Å². The zero-order chi connectivity index (χ0) is 28.4. The van der Waals surface area contributed by atoms with Crippen LogP contribution in [0.4, 0.5) is 5.13 Å². The standard InChI is InChI=1S/C24H23N7O5S4/c1-4-36-28-17(19-27-23(25-2)40-29-19)15(32)9-13-20(33)31-18(22(34)35)16(11-37-21(13)31)39-24-26-14(10-38-24)12-5-7-30(3)8-6-12/h5-8,10,13,21H,4,9,11H2,1-3H3,(H-,25,27,29,34,35)/b28-17+/t13-,21-/m1/s1. The lowest BCUT2D eigenvalue weighted by molar-refractivity contribution is -0.671. The molecule has 16 heteroatoms. The number of rotatable bonds is 11. The first-order valence-corrected chi connectivity index (χ1v) is 15.6. The van der Waals surface area contributed by atoms with Crippen molar-refractivity contribution >= 4 is 74.9 Å². The van der Waals surface area contributed by atoms with Crippen LogP contribution in [-0.2, 0) is 26.3 Å². The molecule has 1 amide bonds. The van der Waals surface area contributed by atoms with Crippen LogP contribution in [0.3, 0.4) is 0 Å². The molecule has 0 aliphatic carbocycles. The molecule has 3 aromatic rings. The Morgan fingerprint density at radius 3 is 2.77 bits per heavy atom. The van der Waals surface area contributed by atoms with Gasteiger partial charge in [0.15, 0.2) is 28.2 Å². The highest BCUT2D eigenvalue weighted by atomic mass is 32.2. The lowest BCUT2D eigenvalue weighted by atomic mass is 9.90. The predicted octanol–water partition coefficient (Wildman–Crippen LogP) is 1.51. The summed E-state index contributed by atoms with van der Waals surface area (Å²) in [7, 11) is 3.61. The number of carboxylic acid groups (broad SMARTS) is 1. The molecule has 2 atom stereocenters. The summed E-state index contributed by atoms with van der Waals surface area (Å²) in [6, 6.07) is 3.90. The topological polar surface area (TPSA) is 154 Å². The molecular weight excluding hydrogens is 595 g/mol. The highest BCUT2D eigenvalue weighted by Gasteiger charge is 2.53. The fraction of sp³-hybridized carbons (Fsp3) is 0.333. The van der Waals surface area contributed by atoms with E-state index in [1.807, 2.05) is 41.5 Å². The second kappa shape index (κ2) is 12.0. The number of amides is 1. The molecule has 1 N–H and O–H groups in total. The fourth-order valence-electron chi connectivity index (χ4n) is 4.07. The van der Waals surface area contributed by atoms with Gasteiger partial charge in [0.1, 0.15) is 13.7 Å². The van der Waals surface area contributed by atoms with Gasteiger partial charge in [0.05, 0.1) is 28.7 Å². The van der Waals surface area contributed by atoms with Crippen LogP contribution in [0, 0.1) is 5.92 Å². The van der Waals surface area contributed by atoms with Crippen LogP contribution in [0.15, 0.2) is 50.0 Å². The number of oxime groups is 1. The number of β-lactam (4-membered cyclic amide) rings is 1. The Hall–Kier alpha value is -3.34. The number of carboxylic acids is 1. The van der Waals surface area contributed by atoms with Gasteiger partial charge in [0.25, 0.3) is 0 Å². The van der Waals surface area contributed by atoms with Gasteiger partial charge >= 0.3 is 0 Å². The van der Waals surface area contributed by atoms with Gasteiger partial charge in [-0.05, 0) is 6.92 Å². The minimum absolute atomic E-state index is 0.0784. The molecule has 5 rings (SSSR count). The molecule has 0 spiro atoms. The second-order valence-corrected chi connectivity index (χ2v) is 12.6. The van der Waals surface area contributed by atoms with Crippen molar-refractivity contribution in [3.05, 3.63) is 46.3 Å². The van der Waals surface area contributed by atoms with E-state index in [1.54, 1.807) is 14.0 Å². The van der Waals surface area contributed by atoms with Gasteiger partial charge in [-0.1, -0.05) is 16.9 Å². The summed E-state index contributed by atoms with van der Waals surface area (Å²) < 4.78 is 6.74. The molecule has 1 fully saturated rings. The third kappa shape index (κ3) is 5.61. The van der Waals surface area contributed by atoms with Gasteiger partial charge in [-0.15, -0.1) is 23.1 Å². The minimum atomic E-state index is -1.44. The van der Waals surface area contributed by atoms with Crippen LogP contribution in [0.25, 0.3) is 11.3 Å². The zero-order valence-electron chi connectivity index (χ0n) is 21.5. The number of carbonyl (C=O) groups is 3. The molecular formula is C24H23N7O5S4. The van der Waals surface area contributed by atoms with E-state index in [1.165, 1.54) is 39.8 Å². The SMILES string of the molecule is CCO/N=C(\C(=O)C[C@@H]1C(=O)N2C(C(=O)[O-])=C(Sc3nc(-c4cc[n+](C)cc4)cs3)CS[C@H]12)c1nsc(NC)n1. The molecule has 12 nitrogen and oxygen atoms in total. The lowest BCUT2D eigenvalue weighted by Crippen LogP contribution is -2.63. The number of fused-ring (bicyclic) bond motifs is 1. The first-order chi connectivity index (χ1) is 19.3. The number of aryl methyl sites for hydroxylation is 1.